The Kier molecular flexibility index (Phi) is 4.32. The van der Waals surface area contributed by atoms with Crippen LogP contribution >= 0.6 is 15.9 Å². The molecule has 2 aromatic rings. The summed E-state index contributed by atoms with van der Waals surface area (Å²) in [5, 5.41) is 13.1. The van der Waals surface area contributed by atoms with Crippen LogP contribution in [0.25, 0.3) is 0 Å². The van der Waals surface area contributed by atoms with Crippen LogP contribution < -0.4 is 5.32 Å². The SMILES string of the molecule is Cc1ccc(C(=O)Nc2c(F)cccc2[N+](=O)[O-])c(Br)c1. The number of amides is 1. The van der Waals surface area contributed by atoms with E-state index in [4.69, 9.17) is 0 Å². The number of anilines is 1. The van der Waals surface area contributed by atoms with E-state index in [0.29, 0.717) is 4.47 Å². The molecular weight excluding hydrogens is 343 g/mol. The first-order valence-electron chi connectivity index (χ1n) is 5.90. The molecule has 0 radical (unpaired) electrons. The monoisotopic (exact) mass is 352 g/mol. The number of carbonyl (C=O) groups is 1. The lowest BCUT2D eigenvalue weighted by Gasteiger charge is -2.08. The molecule has 21 heavy (non-hydrogen) atoms. The van der Waals surface area contributed by atoms with Gasteiger partial charge in [0.05, 0.1) is 10.5 Å². The number of nitro benzene ring substituents is 1. The highest BCUT2D eigenvalue weighted by atomic mass is 79.9. The van der Waals surface area contributed by atoms with E-state index < -0.39 is 28.0 Å². The predicted molar refractivity (Wildman–Crippen MR) is 79.9 cm³/mol. The highest BCUT2D eigenvalue weighted by Gasteiger charge is 2.21. The summed E-state index contributed by atoms with van der Waals surface area (Å²) < 4.78 is 14.2. The van der Waals surface area contributed by atoms with Crippen LogP contribution in [0.4, 0.5) is 15.8 Å². The Morgan fingerprint density at radius 3 is 2.67 bits per heavy atom. The van der Waals surface area contributed by atoms with E-state index in [1.54, 1.807) is 18.2 Å². The van der Waals surface area contributed by atoms with E-state index in [-0.39, 0.29) is 5.56 Å². The summed E-state index contributed by atoms with van der Waals surface area (Å²) >= 11 is 3.24. The minimum absolute atomic E-state index is 0.262. The van der Waals surface area contributed by atoms with Crippen molar-refractivity contribution in [2.24, 2.45) is 0 Å². The van der Waals surface area contributed by atoms with E-state index in [2.05, 4.69) is 21.2 Å². The third kappa shape index (κ3) is 3.25. The smallest absolute Gasteiger partial charge is 0.295 e. The van der Waals surface area contributed by atoms with Crippen LogP contribution in [0.5, 0.6) is 0 Å². The largest absolute Gasteiger partial charge is 0.314 e. The van der Waals surface area contributed by atoms with Crippen LogP contribution in [0.3, 0.4) is 0 Å². The summed E-state index contributed by atoms with van der Waals surface area (Å²) in [6.07, 6.45) is 0. The first kappa shape index (κ1) is 15.1. The van der Waals surface area contributed by atoms with Crippen LogP contribution in [0.1, 0.15) is 15.9 Å². The maximum absolute atomic E-state index is 13.7. The fourth-order valence-corrected chi connectivity index (χ4v) is 2.45. The first-order chi connectivity index (χ1) is 9.90. The number of para-hydroxylation sites is 1. The zero-order valence-corrected chi connectivity index (χ0v) is 12.5. The maximum atomic E-state index is 13.7. The Bertz CT molecular complexity index is 734. The van der Waals surface area contributed by atoms with Gasteiger partial charge in [0.2, 0.25) is 0 Å². The van der Waals surface area contributed by atoms with E-state index in [0.717, 1.165) is 17.7 Å². The van der Waals surface area contributed by atoms with Crippen molar-refractivity contribution in [3.05, 3.63) is 67.9 Å². The topological polar surface area (TPSA) is 72.2 Å². The molecule has 0 heterocycles. The molecule has 0 bridgehead atoms. The molecule has 0 spiro atoms. The number of hydrogen-bond donors (Lipinski definition) is 1. The van der Waals surface area contributed by atoms with Crippen molar-refractivity contribution in [2.75, 3.05) is 5.32 Å². The summed E-state index contributed by atoms with van der Waals surface area (Å²) in [5.41, 5.74) is 0.264. The minimum Gasteiger partial charge on any atom is -0.314 e. The Balaban J connectivity index is 2.38. The number of nitro groups is 1. The molecule has 7 heteroatoms. The molecule has 108 valence electrons. The summed E-state index contributed by atoms with van der Waals surface area (Å²) in [6.45, 7) is 1.86. The number of nitrogens with one attached hydrogen (secondary N) is 1. The average molecular weight is 353 g/mol. The van der Waals surface area contributed by atoms with Gasteiger partial charge >= 0.3 is 0 Å². The quantitative estimate of drug-likeness (QED) is 0.668. The predicted octanol–water partition coefficient (Wildman–Crippen LogP) is 4.06. The lowest BCUT2D eigenvalue weighted by atomic mass is 10.1. The third-order valence-corrected chi connectivity index (χ3v) is 3.45. The number of nitrogens with zero attached hydrogens (tertiary/aromatic N) is 1. The zero-order chi connectivity index (χ0) is 15.6. The van der Waals surface area contributed by atoms with Gasteiger partial charge < -0.3 is 5.32 Å². The number of benzene rings is 2. The van der Waals surface area contributed by atoms with Crippen LogP contribution in [-0.4, -0.2) is 10.8 Å². The van der Waals surface area contributed by atoms with Crippen LogP contribution in [-0.2, 0) is 0 Å². The molecule has 2 aromatic carbocycles. The zero-order valence-electron chi connectivity index (χ0n) is 10.9. The molecule has 0 aliphatic carbocycles. The highest BCUT2D eigenvalue weighted by molar-refractivity contribution is 9.10. The van der Waals surface area contributed by atoms with Gasteiger partial charge in [0, 0.05) is 10.5 Å². The second-order valence-corrected chi connectivity index (χ2v) is 5.18. The standard InChI is InChI=1S/C14H10BrFN2O3/c1-8-5-6-9(10(15)7-8)14(19)17-13-11(16)3-2-4-12(13)18(20)21/h2-7H,1H3,(H,17,19). The van der Waals surface area contributed by atoms with E-state index in [1.807, 2.05) is 6.92 Å². The molecule has 2 rings (SSSR count). The average Bonchev–Trinajstić information content (AvgIpc) is 2.40. The van der Waals surface area contributed by atoms with Crippen LogP contribution in [0.15, 0.2) is 40.9 Å². The van der Waals surface area contributed by atoms with Crippen molar-refractivity contribution < 1.29 is 14.1 Å². The minimum atomic E-state index is -0.860. The highest BCUT2D eigenvalue weighted by Crippen LogP contribution is 2.28. The Labute approximate surface area is 128 Å². The third-order valence-electron chi connectivity index (χ3n) is 2.80. The number of hydrogen-bond acceptors (Lipinski definition) is 3. The Hall–Kier alpha value is -2.28. The second-order valence-electron chi connectivity index (χ2n) is 4.33. The number of halogens is 2. The number of carbonyl (C=O) groups excluding carboxylic acids is 1. The van der Waals surface area contributed by atoms with Crippen molar-refractivity contribution in [1.82, 2.24) is 0 Å². The maximum Gasteiger partial charge on any atom is 0.295 e. The lowest BCUT2D eigenvalue weighted by molar-refractivity contribution is -0.384. The van der Waals surface area contributed by atoms with Crippen molar-refractivity contribution in [2.45, 2.75) is 6.92 Å². The van der Waals surface area contributed by atoms with Crippen molar-refractivity contribution >= 4 is 33.2 Å². The molecule has 1 amide bonds. The molecule has 1 N–H and O–H groups in total. The molecule has 5 nitrogen and oxygen atoms in total. The molecule has 0 atom stereocenters. The molecule has 0 aromatic heterocycles. The van der Waals surface area contributed by atoms with E-state index in [1.165, 1.54) is 6.07 Å². The van der Waals surface area contributed by atoms with Crippen LogP contribution in [0.2, 0.25) is 0 Å². The van der Waals surface area contributed by atoms with Gasteiger partial charge in [-0.15, -0.1) is 0 Å². The normalized spacial score (nSPS) is 10.2. The Morgan fingerprint density at radius 1 is 1.33 bits per heavy atom. The van der Waals surface area contributed by atoms with E-state index >= 15 is 0 Å². The van der Waals surface area contributed by atoms with Gasteiger partial charge in [0.1, 0.15) is 0 Å². The number of aryl methyl sites for hydroxylation is 1. The lowest BCUT2D eigenvalue weighted by Crippen LogP contribution is -2.15. The molecule has 0 aliphatic heterocycles. The van der Waals surface area contributed by atoms with Gasteiger partial charge in [-0.2, -0.15) is 0 Å². The Morgan fingerprint density at radius 2 is 2.05 bits per heavy atom. The fourth-order valence-electron chi connectivity index (χ4n) is 1.77. The van der Waals surface area contributed by atoms with Gasteiger partial charge in [0.15, 0.2) is 11.5 Å². The summed E-state index contributed by atoms with van der Waals surface area (Å²) in [6, 6.07) is 8.39. The van der Waals surface area contributed by atoms with Gasteiger partial charge in [-0.25, -0.2) is 4.39 Å². The molecular formula is C14H10BrFN2O3. The van der Waals surface area contributed by atoms with Crippen molar-refractivity contribution in [3.8, 4) is 0 Å². The number of rotatable bonds is 3. The van der Waals surface area contributed by atoms with Crippen molar-refractivity contribution in [3.63, 3.8) is 0 Å². The molecule has 0 unspecified atom stereocenters. The van der Waals surface area contributed by atoms with Crippen molar-refractivity contribution in [1.29, 1.82) is 0 Å². The summed E-state index contributed by atoms with van der Waals surface area (Å²) in [7, 11) is 0. The van der Waals surface area contributed by atoms with Gasteiger partial charge in [0.25, 0.3) is 11.6 Å². The molecule has 0 saturated carbocycles. The fraction of sp³-hybridized carbons (Fsp3) is 0.0714. The summed E-state index contributed by atoms with van der Waals surface area (Å²) in [4.78, 5) is 22.3. The van der Waals surface area contributed by atoms with Gasteiger partial charge in [-0.05, 0) is 46.6 Å². The first-order valence-corrected chi connectivity index (χ1v) is 6.70. The molecule has 0 aliphatic rings. The summed E-state index contributed by atoms with van der Waals surface area (Å²) in [5.74, 6) is -1.49. The van der Waals surface area contributed by atoms with Gasteiger partial charge in [-0.3, -0.25) is 14.9 Å². The van der Waals surface area contributed by atoms with Gasteiger partial charge in [-0.1, -0.05) is 12.1 Å². The molecule has 0 saturated heterocycles. The van der Waals surface area contributed by atoms with Crippen LogP contribution in [0, 0.1) is 22.9 Å². The second kappa shape index (κ2) is 6.01. The molecule has 0 fully saturated rings. The van der Waals surface area contributed by atoms with E-state index in [9.17, 15) is 19.3 Å².